The lowest BCUT2D eigenvalue weighted by atomic mass is 9.82. The van der Waals surface area contributed by atoms with Crippen LogP contribution < -0.4 is 20.7 Å². The molecule has 0 spiro atoms. The van der Waals surface area contributed by atoms with Gasteiger partial charge in [-0.1, -0.05) is 134 Å². The summed E-state index contributed by atoms with van der Waals surface area (Å²) >= 11 is 1.29. The molecule has 4 aromatic carbocycles. The number of nitrogens with zero attached hydrogens (tertiary/aromatic N) is 3. The van der Waals surface area contributed by atoms with Crippen molar-refractivity contribution in [2.45, 2.75) is 175 Å². The molecule has 97 heavy (non-hydrogen) atoms. The second-order valence-electron chi connectivity index (χ2n) is 27.1. The quantitative estimate of drug-likeness (QED) is 0.0177. The summed E-state index contributed by atoms with van der Waals surface area (Å²) in [7, 11) is 5.11. The van der Waals surface area contributed by atoms with E-state index in [0.717, 1.165) is 46.2 Å². The first kappa shape index (κ1) is 74.7. The number of hydrogen-bond donors (Lipinski definition) is 4. The lowest BCUT2D eigenvalue weighted by molar-refractivity contribution is -0.941. The molecule has 21 nitrogen and oxygen atoms in total. The van der Waals surface area contributed by atoms with Crippen molar-refractivity contribution in [3.63, 3.8) is 0 Å². The minimum Gasteiger partial charge on any atom is -0.481 e. The van der Waals surface area contributed by atoms with Crippen LogP contribution in [-0.4, -0.2) is 151 Å². The molecule has 8 rings (SSSR count). The number of aliphatic carboxylic acids is 1. The van der Waals surface area contributed by atoms with Crippen LogP contribution in [0.3, 0.4) is 0 Å². The van der Waals surface area contributed by atoms with Crippen molar-refractivity contribution < 1.29 is 76.4 Å². The van der Waals surface area contributed by atoms with Crippen molar-refractivity contribution in [2.24, 2.45) is 35.5 Å². The number of quaternary nitrogens is 1. The number of alkyl carbamates (subject to hydrolysis) is 1. The van der Waals surface area contributed by atoms with Crippen molar-refractivity contribution in [1.29, 1.82) is 0 Å². The third-order valence-corrected chi connectivity index (χ3v) is 20.9. The Bertz CT molecular complexity index is 3500. The molecule has 3 heterocycles. The molecule has 4 N–H and O–H groups in total. The number of likely N-dealkylation sites (tertiary alicyclic amines) is 1. The molecule has 2 fully saturated rings. The molecule has 1 aliphatic carbocycles. The van der Waals surface area contributed by atoms with Crippen molar-refractivity contribution in [3.05, 3.63) is 135 Å². The molecular formula is C75H99N6O15S+. The Balaban J connectivity index is 0.977. The van der Waals surface area contributed by atoms with Gasteiger partial charge in [0.2, 0.25) is 18.1 Å². The van der Waals surface area contributed by atoms with Crippen molar-refractivity contribution >= 4 is 64.5 Å². The number of thiazole rings is 1. The number of ketones is 1. The number of piperidine rings is 1. The lowest BCUT2D eigenvalue weighted by Gasteiger charge is -2.45. The van der Waals surface area contributed by atoms with Gasteiger partial charge in [0.1, 0.15) is 41.7 Å². The predicted molar refractivity (Wildman–Crippen MR) is 368 cm³/mol. The van der Waals surface area contributed by atoms with E-state index in [2.05, 4.69) is 35.1 Å². The smallest absolute Gasteiger partial charge is 0.407 e. The van der Waals surface area contributed by atoms with Crippen LogP contribution in [-0.2, 0) is 65.4 Å². The first-order chi connectivity index (χ1) is 46.3. The molecule has 13 atom stereocenters. The number of carboxylic acid groups (broad SMARTS) is 1. The number of amides is 4. The highest BCUT2D eigenvalue weighted by atomic mass is 32.1. The van der Waals surface area contributed by atoms with Gasteiger partial charge in [-0.25, -0.2) is 14.6 Å². The largest absolute Gasteiger partial charge is 0.481 e. The molecule has 22 heteroatoms. The summed E-state index contributed by atoms with van der Waals surface area (Å²) in [6, 6.07) is 29.6. The number of anilines is 1. The van der Waals surface area contributed by atoms with Crippen LogP contribution in [0.1, 0.15) is 163 Å². The Hall–Kier alpha value is -8.05. The third kappa shape index (κ3) is 19.0. The summed E-state index contributed by atoms with van der Waals surface area (Å²) in [5.74, 6) is -5.67. The van der Waals surface area contributed by atoms with Crippen LogP contribution in [0.2, 0.25) is 0 Å². The Morgan fingerprint density at radius 3 is 2.18 bits per heavy atom. The normalized spacial score (nSPS) is 21.7. The molecule has 1 unspecified atom stereocenters. The Labute approximate surface area is 574 Å². The Morgan fingerprint density at radius 1 is 0.856 bits per heavy atom. The number of Topliss-reactive ketones (excluding diaryl/α,β-unsaturated/α-hetero) is 1. The molecule has 2 saturated heterocycles. The zero-order valence-electron chi connectivity index (χ0n) is 58.2. The number of aromatic nitrogens is 1. The Kier molecular flexibility index (Phi) is 26.5. The van der Waals surface area contributed by atoms with E-state index in [1.54, 1.807) is 43.3 Å². The monoisotopic (exact) mass is 1360 g/mol. The molecule has 0 bridgehead atoms. The maximum absolute atomic E-state index is 15.2. The third-order valence-electron chi connectivity index (χ3n) is 20.0. The highest BCUT2D eigenvalue weighted by Gasteiger charge is 2.49. The number of carbonyl (C=O) groups excluding carboxylic acids is 7. The summed E-state index contributed by atoms with van der Waals surface area (Å²) in [6.07, 6.45) is -0.823. The van der Waals surface area contributed by atoms with Gasteiger partial charge in [0.15, 0.2) is 18.0 Å². The molecule has 2 aliphatic heterocycles. The first-order valence-corrected chi connectivity index (χ1v) is 35.1. The van der Waals surface area contributed by atoms with Gasteiger partial charge >= 0.3 is 24.0 Å². The summed E-state index contributed by atoms with van der Waals surface area (Å²) in [5.41, 5.74) is 6.45. The molecule has 1 aromatic heterocycles. The number of esters is 2. The fourth-order valence-corrected chi connectivity index (χ4v) is 14.9. The number of nitrogens with one attached hydrogen (secondary N) is 3. The van der Waals surface area contributed by atoms with Crippen LogP contribution in [0.5, 0.6) is 5.75 Å². The van der Waals surface area contributed by atoms with Crippen LogP contribution in [0.25, 0.3) is 11.1 Å². The Morgan fingerprint density at radius 2 is 1.54 bits per heavy atom. The maximum Gasteiger partial charge on any atom is 0.407 e. The topological polar surface area (TPSA) is 264 Å². The second-order valence-corrected chi connectivity index (χ2v) is 28.0. The van der Waals surface area contributed by atoms with Crippen molar-refractivity contribution in [2.75, 3.05) is 52.8 Å². The molecule has 4 amide bonds. The lowest BCUT2D eigenvalue weighted by Crippen LogP contribution is -2.58. The van der Waals surface area contributed by atoms with Gasteiger partial charge in [0.25, 0.3) is 5.91 Å². The number of likely N-dealkylation sites (N-methyl/N-ethyl adjacent to an activating group) is 1. The number of methoxy groups -OCH3 is 1. The molecule has 3 aliphatic rings. The molecule has 0 saturated carbocycles. The average molecular weight is 1360 g/mol. The second kappa shape index (κ2) is 34.4. The zero-order valence-corrected chi connectivity index (χ0v) is 59.0. The highest BCUT2D eigenvalue weighted by molar-refractivity contribution is 7.09. The van der Waals surface area contributed by atoms with Gasteiger partial charge in [0.05, 0.1) is 32.3 Å². The van der Waals surface area contributed by atoms with E-state index in [4.69, 9.17) is 33.4 Å². The van der Waals surface area contributed by atoms with E-state index in [1.165, 1.54) is 25.4 Å². The van der Waals surface area contributed by atoms with E-state index >= 15 is 9.59 Å². The van der Waals surface area contributed by atoms with Gasteiger partial charge < -0.3 is 58.9 Å². The molecule has 5 aromatic rings. The SMILES string of the molecule is CCO[C@H](C[C@H](C(C)C)N(C)C(=O)[C@@H](CC(=O)[C@H]1CCCC[N+]1(C)Cc1ccc(O[C@@H]2O[C@H](C(=O)OC)[C@@H](C)[C@H](C)[C@H]2OC(C)=O)c(NC(=O)CCNC(=O)OCC2c3ccccc3-c3ccccc32)c1)[C@@H](C)CC)c1nc(C(=O)N[C@@H](Cc2ccccc2)C[C@H](C)C(=O)O)cs1. The van der Waals surface area contributed by atoms with E-state index in [9.17, 15) is 33.9 Å². The van der Waals surface area contributed by atoms with Gasteiger partial charge in [0, 0.05) is 93.6 Å². The van der Waals surface area contributed by atoms with Crippen LogP contribution >= 0.6 is 11.3 Å². The number of benzene rings is 4. The zero-order chi connectivity index (χ0) is 70.3. The average Bonchev–Trinajstić information content (AvgIpc) is 1.70. The van der Waals surface area contributed by atoms with E-state index < -0.39 is 96.2 Å². The van der Waals surface area contributed by atoms with Gasteiger partial charge in [-0.05, 0) is 96.4 Å². The summed E-state index contributed by atoms with van der Waals surface area (Å²) in [6.45, 7) is 17.9. The predicted octanol–water partition coefficient (Wildman–Crippen LogP) is 11.7. The maximum atomic E-state index is 15.2. The highest BCUT2D eigenvalue weighted by Crippen LogP contribution is 2.45. The minimum atomic E-state index is -1.31. The number of ether oxygens (including phenoxy) is 6. The summed E-state index contributed by atoms with van der Waals surface area (Å²) in [5, 5.41) is 20.7. The van der Waals surface area contributed by atoms with Gasteiger partial charge in [-0.3, -0.25) is 28.8 Å². The fraction of sp³-hybridized carbons (Fsp3) is 0.533. The van der Waals surface area contributed by atoms with Gasteiger partial charge in [-0.15, -0.1) is 11.3 Å². The fourth-order valence-electron chi connectivity index (χ4n) is 14.1. The number of rotatable bonds is 32. The summed E-state index contributed by atoms with van der Waals surface area (Å²) in [4.78, 5) is 116. The molecule has 524 valence electrons. The van der Waals surface area contributed by atoms with Crippen molar-refractivity contribution in [1.82, 2.24) is 20.5 Å². The molecule has 0 radical (unpaired) electrons. The van der Waals surface area contributed by atoms with E-state index in [-0.39, 0.29) is 85.0 Å². The van der Waals surface area contributed by atoms with Crippen molar-refractivity contribution in [3.8, 4) is 16.9 Å². The van der Waals surface area contributed by atoms with E-state index in [0.29, 0.717) is 54.9 Å². The number of hydrogen-bond acceptors (Lipinski definition) is 16. The van der Waals surface area contributed by atoms with E-state index in [1.807, 2.05) is 114 Å². The van der Waals surface area contributed by atoms with Gasteiger partial charge in [-0.2, -0.15) is 0 Å². The standard InChI is InChI=1S/C75H98N6O15S/c1-13-45(5)57(71(86)80(10)61(44(3)4)40-65(92-14-2)70-79-60(43-97-70)69(85)77-52(36-46(6)72(87)88)37-50-24-16-15-17-25-50)39-63(83)62-30-22-23-35-81(62,11)41-51-31-32-64(95-74-68(94-49(9)82)48(8)47(7)67(96-74)73(89)91-12)59(38-51)78-66(84)33-34-76-75(90)93-42-58-55-28-20-18-26-53(55)54-27-19-21-29-56(54)58/h15-21,24-29,31-32,38,43-48,52,57-58,61-62,65,67-68,74H,13-14,22-23,30,33-37,39-42H2,1-12H3,(H3-,76,77,78,84,85,87,88,90)/p+1/t45-,46-,47-,48-,52+,57-,61+,62+,65+,67-,68+,74+,81?/m0/s1. The van der Waals surface area contributed by atoms with Crippen LogP contribution in [0.4, 0.5) is 10.5 Å². The number of carboxylic acids is 1. The van der Waals surface area contributed by atoms with Crippen LogP contribution in [0, 0.1) is 35.5 Å². The number of carbonyl (C=O) groups is 8. The first-order valence-electron chi connectivity index (χ1n) is 34.2. The van der Waals surface area contributed by atoms with Crippen LogP contribution in [0.15, 0.2) is 102 Å². The minimum absolute atomic E-state index is 0.0184. The molecular weight excluding hydrogens is 1260 g/mol. The number of fused-ring (bicyclic) bond motifs is 3. The summed E-state index contributed by atoms with van der Waals surface area (Å²) < 4.78 is 36.1.